The van der Waals surface area contributed by atoms with Gasteiger partial charge in [-0.1, -0.05) is 12.1 Å². The molecule has 7 nitrogen and oxygen atoms in total. The minimum absolute atomic E-state index is 0.00882. The number of anilines is 1. The molecule has 0 aliphatic carbocycles. The second kappa shape index (κ2) is 8.61. The smallest absolute Gasteiger partial charge is 0.301 e. The van der Waals surface area contributed by atoms with E-state index in [0.29, 0.717) is 34.4 Å². The van der Waals surface area contributed by atoms with Crippen LogP contribution in [0.25, 0.3) is 5.76 Å². The molecule has 1 unspecified atom stereocenters. The van der Waals surface area contributed by atoms with Gasteiger partial charge >= 0.3 is 5.91 Å². The van der Waals surface area contributed by atoms with Crippen LogP contribution in [0, 0.1) is 0 Å². The van der Waals surface area contributed by atoms with Crippen LogP contribution in [0.2, 0.25) is 0 Å². The zero-order chi connectivity index (χ0) is 22.0. The number of hydrogen-bond acceptors (Lipinski definition) is 7. The molecule has 0 spiro atoms. The SMILES string of the molecule is CCOc1ccc(/C(O)=C2\C(=O)C(=O)N(c3nccs3)C2c2ccc(OC)cc2)cc1. The molecule has 1 fully saturated rings. The summed E-state index contributed by atoms with van der Waals surface area (Å²) in [6.07, 6.45) is 1.57. The van der Waals surface area contributed by atoms with E-state index in [4.69, 9.17) is 9.47 Å². The monoisotopic (exact) mass is 436 g/mol. The van der Waals surface area contributed by atoms with Crippen LogP contribution < -0.4 is 14.4 Å². The number of ether oxygens (including phenoxy) is 2. The summed E-state index contributed by atoms with van der Waals surface area (Å²) in [5.74, 6) is -0.456. The van der Waals surface area contributed by atoms with Gasteiger partial charge in [0, 0.05) is 17.1 Å². The largest absolute Gasteiger partial charge is 0.507 e. The number of methoxy groups -OCH3 is 1. The predicted molar refractivity (Wildman–Crippen MR) is 118 cm³/mol. The van der Waals surface area contributed by atoms with Crippen molar-refractivity contribution in [3.05, 3.63) is 76.8 Å². The van der Waals surface area contributed by atoms with E-state index in [0.717, 1.165) is 0 Å². The lowest BCUT2D eigenvalue weighted by atomic mass is 9.95. The summed E-state index contributed by atoms with van der Waals surface area (Å²) in [5.41, 5.74) is 1.08. The van der Waals surface area contributed by atoms with Gasteiger partial charge in [-0.2, -0.15) is 0 Å². The van der Waals surface area contributed by atoms with E-state index in [9.17, 15) is 14.7 Å². The highest BCUT2D eigenvalue weighted by Crippen LogP contribution is 2.43. The Balaban J connectivity index is 1.85. The van der Waals surface area contributed by atoms with Crippen LogP contribution >= 0.6 is 11.3 Å². The molecule has 1 saturated heterocycles. The summed E-state index contributed by atoms with van der Waals surface area (Å²) in [7, 11) is 1.56. The number of nitrogens with zero attached hydrogens (tertiary/aromatic N) is 2. The molecule has 4 rings (SSSR count). The predicted octanol–water partition coefficient (Wildman–Crippen LogP) is 4.18. The summed E-state index contributed by atoms with van der Waals surface area (Å²) in [4.78, 5) is 31.5. The number of Topliss-reactive ketones (excluding diaryl/α,β-unsaturated/α-hetero) is 1. The molecule has 1 aliphatic rings. The summed E-state index contributed by atoms with van der Waals surface area (Å²) in [6, 6.07) is 12.9. The fourth-order valence-electron chi connectivity index (χ4n) is 3.50. The number of aliphatic hydroxyl groups is 1. The highest BCUT2D eigenvalue weighted by molar-refractivity contribution is 7.14. The molecule has 0 radical (unpaired) electrons. The van der Waals surface area contributed by atoms with Crippen LogP contribution in [0.15, 0.2) is 65.7 Å². The Bertz CT molecular complexity index is 1120. The highest BCUT2D eigenvalue weighted by atomic mass is 32.1. The van der Waals surface area contributed by atoms with E-state index in [1.165, 1.54) is 16.2 Å². The van der Waals surface area contributed by atoms with E-state index in [1.807, 2.05) is 6.92 Å². The average Bonchev–Trinajstić information content (AvgIpc) is 3.41. The lowest BCUT2D eigenvalue weighted by molar-refractivity contribution is -0.132. The normalized spacial score (nSPS) is 17.7. The van der Waals surface area contributed by atoms with Crippen LogP contribution in [0.4, 0.5) is 5.13 Å². The minimum atomic E-state index is -0.816. The first kappa shape index (κ1) is 20.6. The molecule has 1 aromatic heterocycles. The Morgan fingerprint density at radius 1 is 1.10 bits per heavy atom. The van der Waals surface area contributed by atoms with Gasteiger partial charge in [0.15, 0.2) is 5.13 Å². The number of aliphatic hydroxyl groups excluding tert-OH is 1. The first-order valence-electron chi connectivity index (χ1n) is 9.62. The van der Waals surface area contributed by atoms with Crippen molar-refractivity contribution in [2.45, 2.75) is 13.0 Å². The zero-order valence-electron chi connectivity index (χ0n) is 16.9. The van der Waals surface area contributed by atoms with Crippen molar-refractivity contribution in [2.24, 2.45) is 0 Å². The van der Waals surface area contributed by atoms with Gasteiger partial charge in [0.1, 0.15) is 17.3 Å². The standard InChI is InChI=1S/C23H20N2O5S/c1-3-30-17-10-6-15(7-11-17)20(26)18-19(14-4-8-16(29-2)9-5-14)25(22(28)21(18)27)23-24-12-13-31-23/h4-13,19,26H,3H2,1-2H3/b20-18+. The third-order valence-corrected chi connectivity index (χ3v) is 5.71. The van der Waals surface area contributed by atoms with Crippen molar-refractivity contribution in [3.63, 3.8) is 0 Å². The number of benzene rings is 2. The number of carbonyl (C=O) groups is 2. The number of amides is 1. The first-order chi connectivity index (χ1) is 15.0. The fraction of sp³-hybridized carbons (Fsp3) is 0.174. The van der Waals surface area contributed by atoms with Crippen molar-refractivity contribution in [3.8, 4) is 11.5 Å². The van der Waals surface area contributed by atoms with Gasteiger partial charge in [0.05, 0.1) is 25.3 Å². The molecule has 31 heavy (non-hydrogen) atoms. The fourth-order valence-corrected chi connectivity index (χ4v) is 4.16. The van der Waals surface area contributed by atoms with Gasteiger partial charge in [-0.15, -0.1) is 11.3 Å². The molecule has 3 aromatic rings. The maximum absolute atomic E-state index is 13.0. The summed E-state index contributed by atoms with van der Waals surface area (Å²) in [5, 5.41) is 13.2. The van der Waals surface area contributed by atoms with Crippen molar-refractivity contribution >= 4 is 33.9 Å². The van der Waals surface area contributed by atoms with E-state index >= 15 is 0 Å². The zero-order valence-corrected chi connectivity index (χ0v) is 17.8. The minimum Gasteiger partial charge on any atom is -0.507 e. The molecule has 158 valence electrons. The van der Waals surface area contributed by atoms with Crippen LogP contribution in [0.1, 0.15) is 24.1 Å². The number of carbonyl (C=O) groups excluding carboxylic acids is 2. The number of hydrogen-bond donors (Lipinski definition) is 1. The molecule has 2 aromatic carbocycles. The van der Waals surface area contributed by atoms with E-state index in [1.54, 1.807) is 67.2 Å². The van der Waals surface area contributed by atoms with Crippen molar-refractivity contribution in [2.75, 3.05) is 18.6 Å². The molecule has 2 heterocycles. The molecular weight excluding hydrogens is 416 g/mol. The average molecular weight is 436 g/mol. The summed E-state index contributed by atoms with van der Waals surface area (Å²) < 4.78 is 10.7. The third kappa shape index (κ3) is 3.77. The Kier molecular flexibility index (Phi) is 5.73. The van der Waals surface area contributed by atoms with Crippen LogP contribution in [0.3, 0.4) is 0 Å². The topological polar surface area (TPSA) is 89.0 Å². The number of aromatic nitrogens is 1. The Morgan fingerprint density at radius 3 is 2.35 bits per heavy atom. The molecule has 0 saturated carbocycles. The molecule has 8 heteroatoms. The van der Waals surface area contributed by atoms with E-state index in [-0.39, 0.29) is 11.3 Å². The lowest BCUT2D eigenvalue weighted by Gasteiger charge is -2.23. The molecule has 0 bridgehead atoms. The maximum Gasteiger partial charge on any atom is 0.301 e. The third-order valence-electron chi connectivity index (χ3n) is 4.94. The highest BCUT2D eigenvalue weighted by Gasteiger charge is 2.47. The van der Waals surface area contributed by atoms with Gasteiger partial charge in [0.2, 0.25) is 0 Å². The number of thiazole rings is 1. The van der Waals surface area contributed by atoms with Crippen LogP contribution in [-0.2, 0) is 9.59 Å². The quantitative estimate of drug-likeness (QED) is 0.354. The summed E-state index contributed by atoms with van der Waals surface area (Å²) in [6.45, 7) is 2.39. The number of ketones is 1. The molecule has 1 amide bonds. The lowest BCUT2D eigenvalue weighted by Crippen LogP contribution is -2.29. The van der Waals surface area contributed by atoms with Gasteiger partial charge in [-0.25, -0.2) is 4.98 Å². The maximum atomic E-state index is 13.0. The number of rotatable bonds is 6. The molecule has 1 N–H and O–H groups in total. The van der Waals surface area contributed by atoms with Crippen LogP contribution in [-0.4, -0.2) is 35.5 Å². The first-order valence-corrected chi connectivity index (χ1v) is 10.5. The van der Waals surface area contributed by atoms with E-state index in [2.05, 4.69) is 4.98 Å². The second-order valence-electron chi connectivity index (χ2n) is 6.71. The molecule has 1 aliphatic heterocycles. The van der Waals surface area contributed by atoms with Gasteiger partial charge < -0.3 is 14.6 Å². The van der Waals surface area contributed by atoms with E-state index < -0.39 is 17.7 Å². The van der Waals surface area contributed by atoms with Crippen molar-refractivity contribution in [1.29, 1.82) is 0 Å². The van der Waals surface area contributed by atoms with Crippen LogP contribution in [0.5, 0.6) is 11.5 Å². The Morgan fingerprint density at radius 2 is 1.77 bits per heavy atom. The second-order valence-corrected chi connectivity index (χ2v) is 7.59. The van der Waals surface area contributed by atoms with Crippen molar-refractivity contribution in [1.82, 2.24) is 4.98 Å². The Labute approximate surface area is 183 Å². The van der Waals surface area contributed by atoms with Gasteiger partial charge in [0.25, 0.3) is 5.78 Å². The molecule has 1 atom stereocenters. The summed E-state index contributed by atoms with van der Waals surface area (Å²) >= 11 is 1.25. The Hall–Kier alpha value is -3.65. The van der Waals surface area contributed by atoms with Gasteiger partial charge in [-0.3, -0.25) is 14.5 Å². The van der Waals surface area contributed by atoms with Gasteiger partial charge in [-0.05, 0) is 48.9 Å². The molecular formula is C23H20N2O5S. The van der Waals surface area contributed by atoms with Crippen molar-refractivity contribution < 1.29 is 24.2 Å².